The molecule has 2 aromatic rings. The average Bonchev–Trinajstić information content (AvgIpc) is 2.95. The van der Waals surface area contributed by atoms with Crippen LogP contribution in [0, 0.1) is 0 Å². The Balaban J connectivity index is 1.74. The van der Waals surface area contributed by atoms with Crippen LogP contribution in [-0.4, -0.2) is 35.2 Å². The Bertz CT molecular complexity index is 892. The molecule has 8 heteroatoms. The minimum absolute atomic E-state index is 0.0235. The molecule has 0 aromatic heterocycles. The van der Waals surface area contributed by atoms with Gasteiger partial charge in [0.1, 0.15) is 0 Å². The maximum absolute atomic E-state index is 12.6. The summed E-state index contributed by atoms with van der Waals surface area (Å²) < 4.78 is 0. The molecule has 1 aliphatic heterocycles. The van der Waals surface area contributed by atoms with Crippen LogP contribution in [0.5, 0.6) is 0 Å². The minimum atomic E-state index is -0.469. The number of hydrogen-bond donors (Lipinski definition) is 3. The van der Waals surface area contributed by atoms with Gasteiger partial charge in [-0.3, -0.25) is 19.3 Å². The van der Waals surface area contributed by atoms with E-state index in [4.69, 9.17) is 0 Å². The van der Waals surface area contributed by atoms with Crippen LogP contribution in [0.3, 0.4) is 0 Å². The summed E-state index contributed by atoms with van der Waals surface area (Å²) in [5.74, 6) is -0.866. The molecule has 0 bridgehead atoms. The summed E-state index contributed by atoms with van der Waals surface area (Å²) in [6, 6.07) is 13.0. The lowest BCUT2D eigenvalue weighted by Crippen LogP contribution is -2.31. The first-order valence-electron chi connectivity index (χ1n) is 8.29. The van der Waals surface area contributed by atoms with E-state index in [9.17, 15) is 19.2 Å². The zero-order valence-corrected chi connectivity index (χ0v) is 14.6. The van der Waals surface area contributed by atoms with Gasteiger partial charge in [0.2, 0.25) is 11.8 Å². The second-order valence-corrected chi connectivity index (χ2v) is 6.01. The molecule has 2 aromatic carbocycles. The van der Waals surface area contributed by atoms with Gasteiger partial charge in [-0.15, -0.1) is 0 Å². The van der Waals surface area contributed by atoms with E-state index in [0.717, 1.165) is 4.90 Å². The molecule has 0 spiro atoms. The van der Waals surface area contributed by atoms with Gasteiger partial charge < -0.3 is 16.0 Å². The monoisotopic (exact) mass is 366 g/mol. The number of imide groups is 1. The van der Waals surface area contributed by atoms with Crippen LogP contribution in [0.15, 0.2) is 48.5 Å². The van der Waals surface area contributed by atoms with Crippen molar-refractivity contribution >= 4 is 35.1 Å². The van der Waals surface area contributed by atoms with E-state index < -0.39 is 6.03 Å². The Morgan fingerprint density at radius 2 is 1.63 bits per heavy atom. The number of amides is 5. The predicted molar refractivity (Wildman–Crippen MR) is 99.1 cm³/mol. The molecule has 5 amide bonds. The van der Waals surface area contributed by atoms with Crippen LogP contribution >= 0.6 is 0 Å². The van der Waals surface area contributed by atoms with E-state index in [0.29, 0.717) is 22.5 Å². The topological polar surface area (TPSA) is 108 Å². The van der Waals surface area contributed by atoms with E-state index in [1.807, 2.05) is 0 Å². The number of benzene rings is 2. The number of carbonyl (C=O) groups is 4. The summed E-state index contributed by atoms with van der Waals surface area (Å²) in [4.78, 5) is 48.3. The number of hydrogen-bond acceptors (Lipinski definition) is 4. The molecular formula is C19H18N4O4. The summed E-state index contributed by atoms with van der Waals surface area (Å²) in [6.07, 6.45) is 0. The highest BCUT2D eigenvalue weighted by Gasteiger charge is 2.29. The average molecular weight is 366 g/mol. The van der Waals surface area contributed by atoms with Crippen molar-refractivity contribution in [1.82, 2.24) is 10.2 Å². The van der Waals surface area contributed by atoms with Gasteiger partial charge in [-0.2, -0.15) is 0 Å². The van der Waals surface area contributed by atoms with E-state index in [1.165, 1.54) is 6.92 Å². The summed E-state index contributed by atoms with van der Waals surface area (Å²) in [7, 11) is 0. The van der Waals surface area contributed by atoms with Crippen molar-refractivity contribution in [2.75, 3.05) is 17.2 Å². The van der Waals surface area contributed by atoms with Gasteiger partial charge in [-0.1, -0.05) is 18.2 Å². The zero-order chi connectivity index (χ0) is 19.4. The summed E-state index contributed by atoms with van der Waals surface area (Å²) in [6.45, 7) is 1.40. The highest BCUT2D eigenvalue weighted by atomic mass is 16.2. The molecule has 8 nitrogen and oxygen atoms in total. The molecule has 1 heterocycles. The summed E-state index contributed by atoms with van der Waals surface area (Å²) in [5, 5.41) is 7.87. The molecular weight excluding hydrogens is 348 g/mol. The van der Waals surface area contributed by atoms with Crippen LogP contribution in [0.1, 0.15) is 22.8 Å². The maximum Gasteiger partial charge on any atom is 0.324 e. The summed E-state index contributed by atoms with van der Waals surface area (Å²) in [5.41, 5.74) is 2.12. The lowest BCUT2D eigenvalue weighted by molar-refractivity contribution is -0.125. The number of anilines is 2. The fraction of sp³-hybridized carbons (Fsp3) is 0.158. The third kappa shape index (κ3) is 4.30. The maximum atomic E-state index is 12.6. The number of nitrogens with one attached hydrogen (secondary N) is 3. The molecule has 1 fully saturated rings. The SMILES string of the molecule is CC(=O)Nc1ccc(NC(=O)c2ccccc2CN2C(=O)CNC2=O)cc1. The van der Waals surface area contributed by atoms with Gasteiger partial charge >= 0.3 is 6.03 Å². The van der Waals surface area contributed by atoms with Crippen LogP contribution in [0.4, 0.5) is 16.2 Å². The number of carbonyl (C=O) groups excluding carboxylic acids is 4. The lowest BCUT2D eigenvalue weighted by Gasteiger charge is -2.15. The van der Waals surface area contributed by atoms with Gasteiger partial charge in [-0.25, -0.2) is 4.79 Å². The minimum Gasteiger partial charge on any atom is -0.329 e. The fourth-order valence-electron chi connectivity index (χ4n) is 2.70. The van der Waals surface area contributed by atoms with Crippen molar-refractivity contribution in [1.29, 1.82) is 0 Å². The fourth-order valence-corrected chi connectivity index (χ4v) is 2.70. The Labute approximate surface area is 155 Å². The lowest BCUT2D eigenvalue weighted by atomic mass is 10.1. The standard InChI is InChI=1S/C19H18N4O4/c1-12(24)21-14-6-8-15(9-7-14)22-18(26)16-5-3-2-4-13(16)11-23-17(25)10-20-19(23)27/h2-9H,10-11H2,1H3,(H,20,27)(H,21,24)(H,22,26). The second-order valence-electron chi connectivity index (χ2n) is 6.01. The van der Waals surface area contributed by atoms with Crippen molar-refractivity contribution in [2.45, 2.75) is 13.5 Å². The van der Waals surface area contributed by atoms with Crippen molar-refractivity contribution in [3.8, 4) is 0 Å². The van der Waals surface area contributed by atoms with Crippen LogP contribution in [-0.2, 0) is 16.1 Å². The van der Waals surface area contributed by atoms with E-state index in [1.54, 1.807) is 48.5 Å². The molecule has 27 heavy (non-hydrogen) atoms. The van der Waals surface area contributed by atoms with Gasteiger partial charge in [0.05, 0.1) is 13.1 Å². The number of urea groups is 1. The largest absolute Gasteiger partial charge is 0.329 e. The number of nitrogens with zero attached hydrogens (tertiary/aromatic N) is 1. The van der Waals surface area contributed by atoms with Gasteiger partial charge in [0, 0.05) is 23.9 Å². The highest BCUT2D eigenvalue weighted by Crippen LogP contribution is 2.18. The third-order valence-electron chi connectivity index (χ3n) is 3.99. The van der Waals surface area contributed by atoms with E-state index in [-0.39, 0.29) is 30.8 Å². The quantitative estimate of drug-likeness (QED) is 0.703. The van der Waals surface area contributed by atoms with Crippen molar-refractivity contribution < 1.29 is 19.2 Å². The number of rotatable bonds is 5. The van der Waals surface area contributed by atoms with Gasteiger partial charge in [0.25, 0.3) is 5.91 Å². The van der Waals surface area contributed by atoms with E-state index in [2.05, 4.69) is 16.0 Å². The Kier molecular flexibility index (Phi) is 5.16. The Morgan fingerprint density at radius 1 is 1.00 bits per heavy atom. The molecule has 3 rings (SSSR count). The molecule has 1 saturated heterocycles. The van der Waals surface area contributed by atoms with Crippen LogP contribution < -0.4 is 16.0 Å². The molecule has 3 N–H and O–H groups in total. The zero-order valence-electron chi connectivity index (χ0n) is 14.6. The Hall–Kier alpha value is -3.68. The first-order chi connectivity index (χ1) is 12.9. The van der Waals surface area contributed by atoms with E-state index >= 15 is 0 Å². The predicted octanol–water partition coefficient (Wildman–Crippen LogP) is 1.95. The molecule has 138 valence electrons. The Morgan fingerprint density at radius 3 is 2.22 bits per heavy atom. The van der Waals surface area contributed by atoms with Crippen molar-refractivity contribution in [3.05, 3.63) is 59.7 Å². The first-order valence-corrected chi connectivity index (χ1v) is 8.29. The molecule has 1 aliphatic rings. The summed E-state index contributed by atoms with van der Waals surface area (Å²) >= 11 is 0. The van der Waals surface area contributed by atoms with Gasteiger partial charge in [0.15, 0.2) is 0 Å². The van der Waals surface area contributed by atoms with Crippen molar-refractivity contribution in [3.63, 3.8) is 0 Å². The van der Waals surface area contributed by atoms with Gasteiger partial charge in [-0.05, 0) is 35.9 Å². The molecule has 0 radical (unpaired) electrons. The second kappa shape index (κ2) is 7.69. The molecule has 0 aliphatic carbocycles. The normalized spacial score (nSPS) is 13.3. The van der Waals surface area contributed by atoms with Crippen molar-refractivity contribution in [2.24, 2.45) is 0 Å². The molecule has 0 atom stereocenters. The highest BCUT2D eigenvalue weighted by molar-refractivity contribution is 6.06. The molecule has 0 unspecified atom stereocenters. The molecule has 0 saturated carbocycles. The third-order valence-corrected chi connectivity index (χ3v) is 3.99. The van der Waals surface area contributed by atoms with Crippen LogP contribution in [0.2, 0.25) is 0 Å². The smallest absolute Gasteiger partial charge is 0.324 e. The first kappa shape index (κ1) is 18.1. The van der Waals surface area contributed by atoms with Crippen LogP contribution in [0.25, 0.3) is 0 Å².